The Morgan fingerprint density at radius 3 is 2.71 bits per heavy atom. The molecule has 2 rings (SSSR count). The monoisotopic (exact) mass is 305 g/mol. The zero-order chi connectivity index (χ0) is 15.2. The van der Waals surface area contributed by atoms with Gasteiger partial charge < -0.3 is 15.2 Å². The van der Waals surface area contributed by atoms with Gasteiger partial charge in [-0.1, -0.05) is 35.9 Å². The van der Waals surface area contributed by atoms with E-state index in [4.69, 9.17) is 16.3 Å². The van der Waals surface area contributed by atoms with E-state index >= 15 is 0 Å². The topological polar surface area (TPSA) is 41.5 Å². The highest BCUT2D eigenvalue weighted by Gasteiger charge is 2.10. The second-order valence-electron chi connectivity index (χ2n) is 4.85. The fraction of sp³-hybridized carbons (Fsp3) is 0.294. The van der Waals surface area contributed by atoms with Gasteiger partial charge in [-0.3, -0.25) is 0 Å². The normalized spacial score (nSPS) is 12.1. The number of hydrogen-bond acceptors (Lipinski definition) is 3. The Labute approximate surface area is 130 Å². The summed E-state index contributed by atoms with van der Waals surface area (Å²) in [6.45, 7) is 5.05. The first-order chi connectivity index (χ1) is 10.1. The number of para-hydroxylation sites is 1. The van der Waals surface area contributed by atoms with Crippen LogP contribution in [0, 0.1) is 0 Å². The summed E-state index contributed by atoms with van der Waals surface area (Å²) in [5.41, 5.74) is 1.93. The van der Waals surface area contributed by atoms with E-state index in [0.29, 0.717) is 18.9 Å². The van der Waals surface area contributed by atoms with Crippen LogP contribution in [0.5, 0.6) is 11.5 Å². The maximum atomic E-state index is 10.2. The van der Waals surface area contributed by atoms with Crippen molar-refractivity contribution < 1.29 is 9.84 Å². The number of benzene rings is 2. The van der Waals surface area contributed by atoms with Crippen molar-refractivity contribution in [3.05, 3.63) is 58.6 Å². The van der Waals surface area contributed by atoms with Crippen LogP contribution in [0.25, 0.3) is 0 Å². The van der Waals surface area contributed by atoms with Crippen molar-refractivity contribution in [1.82, 2.24) is 5.32 Å². The number of ether oxygens (including phenoxy) is 1. The highest BCUT2D eigenvalue weighted by molar-refractivity contribution is 6.30. The summed E-state index contributed by atoms with van der Waals surface area (Å²) in [4.78, 5) is 0. The van der Waals surface area contributed by atoms with Gasteiger partial charge in [-0.05, 0) is 37.6 Å². The third-order valence-electron chi connectivity index (χ3n) is 3.33. The standard InChI is InChI=1S/C17H20ClNO2/c1-3-21-16-9-5-7-14(17(16)20)11-19-12(2)13-6-4-8-15(18)10-13/h4-10,12,19-20H,3,11H2,1-2H3/t12-/m0/s1. The van der Waals surface area contributed by atoms with E-state index in [1.165, 1.54) is 0 Å². The number of nitrogens with one attached hydrogen (secondary N) is 1. The van der Waals surface area contributed by atoms with Gasteiger partial charge in [0.15, 0.2) is 11.5 Å². The van der Waals surface area contributed by atoms with Crippen molar-refractivity contribution in [3.8, 4) is 11.5 Å². The second kappa shape index (κ2) is 7.34. The predicted octanol–water partition coefficient (Wildman–Crippen LogP) is 4.30. The first-order valence-electron chi connectivity index (χ1n) is 7.04. The van der Waals surface area contributed by atoms with Crippen LogP contribution in [0.1, 0.15) is 31.0 Å². The molecule has 0 aromatic heterocycles. The minimum atomic E-state index is 0.138. The van der Waals surface area contributed by atoms with Crippen LogP contribution >= 0.6 is 11.6 Å². The maximum Gasteiger partial charge on any atom is 0.162 e. The molecule has 21 heavy (non-hydrogen) atoms. The van der Waals surface area contributed by atoms with Crippen LogP contribution in [-0.4, -0.2) is 11.7 Å². The van der Waals surface area contributed by atoms with Gasteiger partial charge in [0, 0.05) is 23.2 Å². The molecule has 0 radical (unpaired) electrons. The molecule has 2 N–H and O–H groups in total. The van der Waals surface area contributed by atoms with Gasteiger partial charge in [-0.15, -0.1) is 0 Å². The fourth-order valence-electron chi connectivity index (χ4n) is 2.14. The third kappa shape index (κ3) is 4.13. The SMILES string of the molecule is CCOc1cccc(CN[C@@H](C)c2cccc(Cl)c2)c1O. The molecule has 3 nitrogen and oxygen atoms in total. The summed E-state index contributed by atoms with van der Waals surface area (Å²) in [5, 5.41) is 14.3. The number of aromatic hydroxyl groups is 1. The predicted molar refractivity (Wildman–Crippen MR) is 86.0 cm³/mol. The number of hydrogen-bond donors (Lipinski definition) is 2. The van der Waals surface area contributed by atoms with E-state index in [-0.39, 0.29) is 11.8 Å². The molecule has 4 heteroatoms. The Balaban J connectivity index is 2.04. The molecule has 0 unspecified atom stereocenters. The van der Waals surface area contributed by atoms with Gasteiger partial charge in [0.2, 0.25) is 0 Å². The van der Waals surface area contributed by atoms with Crippen molar-refractivity contribution in [2.45, 2.75) is 26.4 Å². The minimum absolute atomic E-state index is 0.138. The number of phenols is 1. The van der Waals surface area contributed by atoms with Crippen molar-refractivity contribution in [3.63, 3.8) is 0 Å². The van der Waals surface area contributed by atoms with Gasteiger partial charge >= 0.3 is 0 Å². The quantitative estimate of drug-likeness (QED) is 0.836. The summed E-state index contributed by atoms with van der Waals surface area (Å²) in [6, 6.07) is 13.4. The fourth-order valence-corrected chi connectivity index (χ4v) is 2.34. The Bertz CT molecular complexity index is 601. The smallest absolute Gasteiger partial charge is 0.162 e. The van der Waals surface area contributed by atoms with Gasteiger partial charge in [-0.2, -0.15) is 0 Å². The van der Waals surface area contributed by atoms with Crippen molar-refractivity contribution in [1.29, 1.82) is 0 Å². The van der Waals surface area contributed by atoms with Gasteiger partial charge in [-0.25, -0.2) is 0 Å². The van der Waals surface area contributed by atoms with Crippen LogP contribution in [0.15, 0.2) is 42.5 Å². The molecule has 0 bridgehead atoms. The molecule has 0 saturated heterocycles. The molecule has 0 spiro atoms. The largest absolute Gasteiger partial charge is 0.504 e. The zero-order valence-corrected chi connectivity index (χ0v) is 13.0. The lowest BCUT2D eigenvalue weighted by Gasteiger charge is -2.16. The highest BCUT2D eigenvalue weighted by atomic mass is 35.5. The molecule has 0 aliphatic rings. The number of halogens is 1. The molecule has 0 heterocycles. The molecule has 2 aromatic carbocycles. The van der Waals surface area contributed by atoms with Gasteiger partial charge in [0.1, 0.15) is 0 Å². The molecule has 0 aliphatic carbocycles. The Hall–Kier alpha value is -1.71. The van der Waals surface area contributed by atoms with Crippen LogP contribution in [0.4, 0.5) is 0 Å². The summed E-state index contributed by atoms with van der Waals surface area (Å²) in [5.74, 6) is 0.720. The summed E-state index contributed by atoms with van der Waals surface area (Å²) < 4.78 is 5.39. The number of rotatable bonds is 6. The molecule has 0 aliphatic heterocycles. The number of phenolic OH excluding ortho intramolecular Hbond substituents is 1. The molecule has 1 atom stereocenters. The van der Waals surface area contributed by atoms with E-state index in [0.717, 1.165) is 16.1 Å². The van der Waals surface area contributed by atoms with Crippen molar-refractivity contribution >= 4 is 11.6 Å². The molecule has 112 valence electrons. The lowest BCUT2D eigenvalue weighted by Crippen LogP contribution is -2.18. The molecular formula is C17H20ClNO2. The second-order valence-corrected chi connectivity index (χ2v) is 5.29. The van der Waals surface area contributed by atoms with Crippen LogP contribution < -0.4 is 10.1 Å². The van der Waals surface area contributed by atoms with E-state index < -0.39 is 0 Å². The van der Waals surface area contributed by atoms with E-state index in [1.807, 2.05) is 43.3 Å². The first kappa shape index (κ1) is 15.7. The van der Waals surface area contributed by atoms with Gasteiger partial charge in [0.25, 0.3) is 0 Å². The zero-order valence-electron chi connectivity index (χ0n) is 12.3. The molecule has 0 fully saturated rings. The van der Waals surface area contributed by atoms with Gasteiger partial charge in [0.05, 0.1) is 6.61 Å². The van der Waals surface area contributed by atoms with E-state index in [1.54, 1.807) is 6.07 Å². The first-order valence-corrected chi connectivity index (χ1v) is 7.42. The summed E-state index contributed by atoms with van der Waals surface area (Å²) in [7, 11) is 0. The molecule has 0 amide bonds. The highest BCUT2D eigenvalue weighted by Crippen LogP contribution is 2.30. The average Bonchev–Trinajstić information content (AvgIpc) is 2.48. The van der Waals surface area contributed by atoms with Crippen LogP contribution in [-0.2, 0) is 6.54 Å². The van der Waals surface area contributed by atoms with Crippen molar-refractivity contribution in [2.24, 2.45) is 0 Å². The molecule has 0 saturated carbocycles. The minimum Gasteiger partial charge on any atom is -0.504 e. The lowest BCUT2D eigenvalue weighted by atomic mass is 10.1. The average molecular weight is 306 g/mol. The Kier molecular flexibility index (Phi) is 5.48. The lowest BCUT2D eigenvalue weighted by molar-refractivity contribution is 0.316. The summed E-state index contributed by atoms with van der Waals surface area (Å²) in [6.07, 6.45) is 0. The van der Waals surface area contributed by atoms with E-state index in [9.17, 15) is 5.11 Å². The van der Waals surface area contributed by atoms with Crippen LogP contribution in [0.2, 0.25) is 5.02 Å². The molecule has 2 aromatic rings. The molecular weight excluding hydrogens is 286 g/mol. The van der Waals surface area contributed by atoms with E-state index in [2.05, 4.69) is 12.2 Å². The van der Waals surface area contributed by atoms with Crippen molar-refractivity contribution in [2.75, 3.05) is 6.61 Å². The third-order valence-corrected chi connectivity index (χ3v) is 3.56. The Morgan fingerprint density at radius 2 is 2.00 bits per heavy atom. The summed E-state index contributed by atoms with van der Waals surface area (Å²) >= 11 is 6.00. The van der Waals surface area contributed by atoms with Crippen LogP contribution in [0.3, 0.4) is 0 Å². The maximum absolute atomic E-state index is 10.2. The Morgan fingerprint density at radius 1 is 1.24 bits per heavy atom.